The van der Waals surface area contributed by atoms with Gasteiger partial charge in [0, 0.05) is 11.8 Å². The molecule has 0 heterocycles. The summed E-state index contributed by atoms with van der Waals surface area (Å²) in [6.07, 6.45) is 0.805. The lowest BCUT2D eigenvalue weighted by molar-refractivity contribution is -0.136. The van der Waals surface area contributed by atoms with Gasteiger partial charge in [-0.2, -0.15) is 0 Å². The Morgan fingerprint density at radius 1 is 1.16 bits per heavy atom. The van der Waals surface area contributed by atoms with Crippen molar-refractivity contribution >= 4 is 16.7 Å². The van der Waals surface area contributed by atoms with Crippen LogP contribution in [0.15, 0.2) is 36.4 Å². The van der Waals surface area contributed by atoms with Crippen molar-refractivity contribution in [3.05, 3.63) is 42.0 Å². The molecule has 2 aromatic rings. The number of benzene rings is 2. The predicted octanol–water partition coefficient (Wildman–Crippen LogP) is 3.64. The average molecular weight is 258 g/mol. The largest absolute Gasteiger partial charge is 0.490 e. The van der Waals surface area contributed by atoms with E-state index in [-0.39, 0.29) is 12.5 Å². The molecule has 0 radical (unpaired) electrons. The molecular weight excluding hydrogens is 240 g/mol. The quantitative estimate of drug-likeness (QED) is 0.890. The normalized spacial score (nSPS) is 10.9. The lowest BCUT2D eigenvalue weighted by Gasteiger charge is -2.14. The summed E-state index contributed by atoms with van der Waals surface area (Å²) in [6.45, 7) is 3.99. The fourth-order valence-electron chi connectivity index (χ4n) is 2.15. The molecule has 1 N–H and O–H groups in total. The maximum atomic E-state index is 10.7. The molecule has 0 atom stereocenters. The second-order valence-electron chi connectivity index (χ2n) is 4.83. The smallest absolute Gasteiger partial charge is 0.303 e. The number of fused-ring (bicyclic) bond motifs is 1. The number of aliphatic carboxylic acids is 1. The van der Waals surface area contributed by atoms with Crippen LogP contribution in [0.4, 0.5) is 0 Å². The Bertz CT molecular complexity index is 588. The minimum Gasteiger partial charge on any atom is -0.490 e. The monoisotopic (exact) mass is 258 g/mol. The van der Waals surface area contributed by atoms with E-state index in [9.17, 15) is 4.79 Å². The van der Waals surface area contributed by atoms with Gasteiger partial charge in [0.05, 0.1) is 6.10 Å². The molecule has 3 heteroatoms. The summed E-state index contributed by atoms with van der Waals surface area (Å²) < 4.78 is 5.79. The molecule has 0 aliphatic heterocycles. The summed E-state index contributed by atoms with van der Waals surface area (Å²) in [5.74, 6) is 0.0799. The molecule has 0 fully saturated rings. The van der Waals surface area contributed by atoms with Crippen LogP contribution >= 0.6 is 0 Å². The SMILES string of the molecule is CC(C)Oc1ccc(CCC(=O)O)c2ccccc12. The van der Waals surface area contributed by atoms with E-state index in [0.29, 0.717) is 6.42 Å². The third-order valence-electron chi connectivity index (χ3n) is 2.95. The van der Waals surface area contributed by atoms with Gasteiger partial charge in [-0.3, -0.25) is 4.79 Å². The van der Waals surface area contributed by atoms with Crippen LogP contribution in [-0.2, 0) is 11.2 Å². The number of carbonyl (C=O) groups is 1. The van der Waals surface area contributed by atoms with Crippen molar-refractivity contribution < 1.29 is 14.6 Å². The number of carboxylic acids is 1. The Kier molecular flexibility index (Phi) is 4.05. The number of hydrogen-bond donors (Lipinski definition) is 1. The van der Waals surface area contributed by atoms with Gasteiger partial charge in [-0.05, 0) is 37.3 Å². The summed E-state index contributed by atoms with van der Waals surface area (Å²) in [5.41, 5.74) is 1.05. The van der Waals surface area contributed by atoms with Gasteiger partial charge in [-0.1, -0.05) is 30.3 Å². The van der Waals surface area contributed by atoms with Gasteiger partial charge in [0.2, 0.25) is 0 Å². The van der Waals surface area contributed by atoms with Gasteiger partial charge in [0.15, 0.2) is 0 Å². The van der Waals surface area contributed by atoms with Crippen LogP contribution in [0.5, 0.6) is 5.75 Å². The highest BCUT2D eigenvalue weighted by molar-refractivity contribution is 5.91. The molecule has 2 rings (SSSR count). The Balaban J connectivity index is 2.42. The first-order chi connectivity index (χ1) is 9.08. The van der Waals surface area contributed by atoms with E-state index >= 15 is 0 Å². The van der Waals surface area contributed by atoms with Crippen LogP contribution < -0.4 is 4.74 Å². The first-order valence-electron chi connectivity index (χ1n) is 6.47. The van der Waals surface area contributed by atoms with Gasteiger partial charge in [-0.15, -0.1) is 0 Å². The molecule has 0 saturated carbocycles. The van der Waals surface area contributed by atoms with Crippen molar-refractivity contribution in [1.82, 2.24) is 0 Å². The van der Waals surface area contributed by atoms with Crippen molar-refractivity contribution in [1.29, 1.82) is 0 Å². The van der Waals surface area contributed by atoms with E-state index < -0.39 is 5.97 Å². The average Bonchev–Trinajstić information content (AvgIpc) is 2.37. The highest BCUT2D eigenvalue weighted by Crippen LogP contribution is 2.29. The standard InChI is InChI=1S/C16H18O3/c1-11(2)19-15-9-7-12(8-10-16(17)18)13-5-3-4-6-14(13)15/h3-7,9,11H,8,10H2,1-2H3,(H,17,18). The Hall–Kier alpha value is -2.03. The Morgan fingerprint density at radius 2 is 1.84 bits per heavy atom. The van der Waals surface area contributed by atoms with E-state index in [1.165, 1.54) is 0 Å². The number of aryl methyl sites for hydroxylation is 1. The van der Waals surface area contributed by atoms with Gasteiger partial charge in [0.1, 0.15) is 5.75 Å². The zero-order chi connectivity index (χ0) is 13.8. The van der Waals surface area contributed by atoms with Gasteiger partial charge < -0.3 is 9.84 Å². The number of carboxylic acid groups (broad SMARTS) is 1. The Labute approximate surface area is 112 Å². The van der Waals surface area contributed by atoms with Crippen LogP contribution in [0, 0.1) is 0 Å². The highest BCUT2D eigenvalue weighted by atomic mass is 16.5. The van der Waals surface area contributed by atoms with Crippen LogP contribution in [0.2, 0.25) is 0 Å². The van der Waals surface area contributed by atoms with E-state index in [1.54, 1.807) is 0 Å². The molecule has 2 aromatic carbocycles. The van der Waals surface area contributed by atoms with Crippen LogP contribution in [-0.4, -0.2) is 17.2 Å². The summed E-state index contributed by atoms with van der Waals surface area (Å²) in [6, 6.07) is 11.8. The summed E-state index contributed by atoms with van der Waals surface area (Å²) in [7, 11) is 0. The minimum atomic E-state index is -0.772. The highest BCUT2D eigenvalue weighted by Gasteiger charge is 2.09. The Morgan fingerprint density at radius 3 is 2.47 bits per heavy atom. The summed E-state index contributed by atoms with van der Waals surface area (Å²) >= 11 is 0. The van der Waals surface area contributed by atoms with Crippen LogP contribution in [0.25, 0.3) is 10.8 Å². The summed E-state index contributed by atoms with van der Waals surface area (Å²) in [4.78, 5) is 10.7. The van der Waals surface area contributed by atoms with Crippen molar-refractivity contribution in [2.75, 3.05) is 0 Å². The second-order valence-corrected chi connectivity index (χ2v) is 4.83. The molecule has 0 aliphatic carbocycles. The third kappa shape index (κ3) is 3.25. The number of hydrogen-bond acceptors (Lipinski definition) is 2. The van der Waals surface area contributed by atoms with Crippen molar-refractivity contribution in [3.63, 3.8) is 0 Å². The van der Waals surface area contributed by atoms with E-state index in [0.717, 1.165) is 22.1 Å². The van der Waals surface area contributed by atoms with Crippen LogP contribution in [0.1, 0.15) is 25.8 Å². The fraction of sp³-hybridized carbons (Fsp3) is 0.312. The topological polar surface area (TPSA) is 46.5 Å². The van der Waals surface area contributed by atoms with E-state index in [2.05, 4.69) is 0 Å². The molecular formula is C16H18O3. The number of ether oxygens (including phenoxy) is 1. The zero-order valence-electron chi connectivity index (χ0n) is 11.2. The first kappa shape index (κ1) is 13.4. The van der Waals surface area contributed by atoms with Crippen molar-refractivity contribution in [2.45, 2.75) is 32.8 Å². The maximum Gasteiger partial charge on any atom is 0.303 e. The van der Waals surface area contributed by atoms with Gasteiger partial charge >= 0.3 is 5.97 Å². The fourth-order valence-corrected chi connectivity index (χ4v) is 2.15. The molecule has 100 valence electrons. The molecule has 0 amide bonds. The zero-order valence-corrected chi connectivity index (χ0v) is 11.2. The van der Waals surface area contributed by atoms with Crippen molar-refractivity contribution in [2.24, 2.45) is 0 Å². The summed E-state index contributed by atoms with van der Waals surface area (Å²) in [5, 5.41) is 10.9. The van der Waals surface area contributed by atoms with Gasteiger partial charge in [-0.25, -0.2) is 0 Å². The minimum absolute atomic E-state index is 0.119. The molecule has 0 aliphatic rings. The lowest BCUT2D eigenvalue weighted by atomic mass is 10.00. The van der Waals surface area contributed by atoms with Gasteiger partial charge in [0.25, 0.3) is 0 Å². The molecule has 0 spiro atoms. The van der Waals surface area contributed by atoms with E-state index in [4.69, 9.17) is 9.84 Å². The van der Waals surface area contributed by atoms with Crippen LogP contribution in [0.3, 0.4) is 0 Å². The molecule has 0 bridgehead atoms. The second kappa shape index (κ2) is 5.74. The maximum absolute atomic E-state index is 10.7. The lowest BCUT2D eigenvalue weighted by Crippen LogP contribution is -2.06. The first-order valence-corrected chi connectivity index (χ1v) is 6.47. The predicted molar refractivity (Wildman–Crippen MR) is 75.7 cm³/mol. The molecule has 0 unspecified atom stereocenters. The molecule has 0 aromatic heterocycles. The van der Waals surface area contributed by atoms with E-state index in [1.807, 2.05) is 50.2 Å². The molecule has 3 nitrogen and oxygen atoms in total. The molecule has 0 saturated heterocycles. The third-order valence-corrected chi connectivity index (χ3v) is 2.95. The number of rotatable bonds is 5. The van der Waals surface area contributed by atoms with Crippen molar-refractivity contribution in [3.8, 4) is 5.75 Å². The molecule has 19 heavy (non-hydrogen) atoms.